The van der Waals surface area contributed by atoms with Gasteiger partial charge in [-0.05, 0) is 28.1 Å². The molecule has 2 aromatic rings. The summed E-state index contributed by atoms with van der Waals surface area (Å²) < 4.78 is 2.12. The summed E-state index contributed by atoms with van der Waals surface area (Å²) in [6.45, 7) is 0. The molecule has 0 saturated heterocycles. The van der Waals surface area contributed by atoms with Crippen LogP contribution in [0.2, 0.25) is 0 Å². The van der Waals surface area contributed by atoms with Crippen LogP contribution in [0.4, 0.5) is 0 Å². The summed E-state index contributed by atoms with van der Waals surface area (Å²) >= 11 is 4.99. The van der Waals surface area contributed by atoms with E-state index in [1.165, 1.54) is 0 Å². The number of thiazole rings is 1. The van der Waals surface area contributed by atoms with Crippen LogP contribution in [0.5, 0.6) is 0 Å². The van der Waals surface area contributed by atoms with Gasteiger partial charge < -0.3 is 0 Å². The molecule has 64 valence electrons. The fraction of sp³-hybridized carbons (Fsp3) is 0.111. The van der Waals surface area contributed by atoms with Crippen LogP contribution in [0, 0.1) is 11.3 Å². The van der Waals surface area contributed by atoms with Crippen LogP contribution >= 0.6 is 27.3 Å². The predicted molar refractivity (Wildman–Crippen MR) is 56.6 cm³/mol. The summed E-state index contributed by atoms with van der Waals surface area (Å²) in [7, 11) is 0. The first kappa shape index (κ1) is 8.67. The number of aromatic nitrogens is 1. The Hall–Kier alpha value is -0.920. The van der Waals surface area contributed by atoms with E-state index in [9.17, 15) is 0 Å². The Kier molecular flexibility index (Phi) is 2.30. The minimum atomic E-state index is 0.395. The van der Waals surface area contributed by atoms with Crippen molar-refractivity contribution in [3.8, 4) is 6.07 Å². The number of rotatable bonds is 1. The van der Waals surface area contributed by atoms with Crippen LogP contribution in [-0.4, -0.2) is 4.98 Å². The van der Waals surface area contributed by atoms with Gasteiger partial charge in [0.15, 0.2) is 0 Å². The largest absolute Gasteiger partial charge is 0.239 e. The minimum absolute atomic E-state index is 0.395. The van der Waals surface area contributed by atoms with Crippen LogP contribution < -0.4 is 0 Å². The number of para-hydroxylation sites is 1. The van der Waals surface area contributed by atoms with Gasteiger partial charge in [0.25, 0.3) is 0 Å². The van der Waals surface area contributed by atoms with E-state index in [1.54, 1.807) is 11.3 Å². The molecule has 13 heavy (non-hydrogen) atoms. The molecule has 1 aromatic carbocycles. The van der Waals surface area contributed by atoms with Gasteiger partial charge >= 0.3 is 0 Å². The topological polar surface area (TPSA) is 36.7 Å². The van der Waals surface area contributed by atoms with Crippen LogP contribution in [0.25, 0.3) is 10.2 Å². The molecule has 0 fully saturated rings. The van der Waals surface area contributed by atoms with E-state index in [2.05, 4.69) is 27.0 Å². The number of benzene rings is 1. The van der Waals surface area contributed by atoms with Crippen molar-refractivity contribution < 1.29 is 0 Å². The third-order valence-corrected chi connectivity index (χ3v) is 3.30. The third-order valence-electron chi connectivity index (χ3n) is 1.64. The van der Waals surface area contributed by atoms with Crippen molar-refractivity contribution in [3.63, 3.8) is 0 Å². The van der Waals surface area contributed by atoms with Crippen molar-refractivity contribution in [2.45, 2.75) is 6.42 Å². The van der Waals surface area contributed by atoms with Gasteiger partial charge in [-0.2, -0.15) is 5.26 Å². The van der Waals surface area contributed by atoms with E-state index < -0.39 is 0 Å². The molecule has 2 rings (SSSR count). The van der Waals surface area contributed by atoms with E-state index in [4.69, 9.17) is 5.26 Å². The second kappa shape index (κ2) is 3.44. The summed E-state index contributed by atoms with van der Waals surface area (Å²) in [4.78, 5) is 4.35. The minimum Gasteiger partial charge on any atom is -0.239 e. The Labute approximate surface area is 88.0 Å². The molecule has 0 unspecified atom stereocenters. The second-order valence-electron chi connectivity index (χ2n) is 2.53. The molecule has 0 aliphatic carbocycles. The van der Waals surface area contributed by atoms with E-state index in [-0.39, 0.29) is 0 Å². The highest BCUT2D eigenvalue weighted by atomic mass is 79.9. The number of nitrogens with zero attached hydrogens (tertiary/aromatic N) is 2. The predicted octanol–water partition coefficient (Wildman–Crippen LogP) is 3.12. The number of halogens is 1. The van der Waals surface area contributed by atoms with Crippen molar-refractivity contribution >= 4 is 37.5 Å². The Morgan fingerprint density at radius 2 is 2.38 bits per heavy atom. The summed E-state index contributed by atoms with van der Waals surface area (Å²) in [5, 5.41) is 9.40. The molecule has 0 aliphatic heterocycles. The molecule has 1 aromatic heterocycles. The molecule has 0 amide bonds. The summed E-state index contributed by atoms with van der Waals surface area (Å²) in [5.74, 6) is 0. The first-order chi connectivity index (χ1) is 6.31. The summed E-state index contributed by atoms with van der Waals surface area (Å²) in [6, 6.07) is 8.04. The van der Waals surface area contributed by atoms with Gasteiger partial charge in [0.2, 0.25) is 0 Å². The molecular formula is C9H5BrN2S. The SMILES string of the molecule is N#CCc1nc2c(Br)cccc2s1. The van der Waals surface area contributed by atoms with Gasteiger partial charge in [0.05, 0.1) is 22.7 Å². The van der Waals surface area contributed by atoms with Gasteiger partial charge in [0, 0.05) is 4.47 Å². The van der Waals surface area contributed by atoms with E-state index in [0.29, 0.717) is 6.42 Å². The molecule has 0 radical (unpaired) electrons. The number of nitriles is 1. The van der Waals surface area contributed by atoms with Crippen molar-refractivity contribution in [3.05, 3.63) is 27.7 Å². The third kappa shape index (κ3) is 1.58. The molecule has 2 nitrogen and oxygen atoms in total. The lowest BCUT2D eigenvalue weighted by molar-refractivity contribution is 1.21. The normalized spacial score (nSPS) is 10.2. The second-order valence-corrected chi connectivity index (χ2v) is 4.50. The molecule has 0 atom stereocenters. The van der Waals surface area contributed by atoms with Crippen LogP contribution in [0.15, 0.2) is 22.7 Å². The molecule has 0 spiro atoms. The number of hydrogen-bond donors (Lipinski definition) is 0. The average Bonchev–Trinajstić information content (AvgIpc) is 2.49. The Morgan fingerprint density at radius 3 is 3.08 bits per heavy atom. The van der Waals surface area contributed by atoms with E-state index in [0.717, 1.165) is 19.7 Å². The molecule has 4 heteroatoms. The Morgan fingerprint density at radius 1 is 1.54 bits per heavy atom. The standard InChI is InChI=1S/C9H5BrN2S/c10-6-2-1-3-7-9(6)12-8(13-7)4-5-11/h1-3H,4H2. The van der Waals surface area contributed by atoms with Crippen LogP contribution in [-0.2, 0) is 6.42 Å². The molecular weight excluding hydrogens is 248 g/mol. The molecule has 1 heterocycles. The highest BCUT2D eigenvalue weighted by Crippen LogP contribution is 2.28. The van der Waals surface area contributed by atoms with Gasteiger partial charge in [-0.1, -0.05) is 6.07 Å². The lowest BCUT2D eigenvalue weighted by Gasteiger charge is -1.88. The fourth-order valence-electron chi connectivity index (χ4n) is 1.10. The highest BCUT2D eigenvalue weighted by molar-refractivity contribution is 9.10. The molecule has 0 saturated carbocycles. The zero-order valence-corrected chi connectivity index (χ0v) is 9.02. The quantitative estimate of drug-likeness (QED) is 0.782. The first-order valence-corrected chi connectivity index (χ1v) is 5.33. The van der Waals surface area contributed by atoms with Crippen molar-refractivity contribution in [1.29, 1.82) is 5.26 Å². The highest BCUT2D eigenvalue weighted by Gasteiger charge is 2.05. The lowest BCUT2D eigenvalue weighted by atomic mass is 10.3. The molecule has 0 bridgehead atoms. The maximum absolute atomic E-state index is 8.52. The van der Waals surface area contributed by atoms with Crippen molar-refractivity contribution in [2.75, 3.05) is 0 Å². The number of fused-ring (bicyclic) bond motifs is 1. The lowest BCUT2D eigenvalue weighted by Crippen LogP contribution is -1.77. The van der Waals surface area contributed by atoms with Gasteiger partial charge in [-0.25, -0.2) is 4.98 Å². The monoisotopic (exact) mass is 252 g/mol. The first-order valence-electron chi connectivity index (χ1n) is 3.72. The fourth-order valence-corrected chi connectivity index (χ4v) is 2.62. The zero-order valence-electron chi connectivity index (χ0n) is 6.62. The Balaban J connectivity index is 2.63. The smallest absolute Gasteiger partial charge is 0.108 e. The summed E-state index contributed by atoms with van der Waals surface area (Å²) in [6.07, 6.45) is 0.395. The van der Waals surface area contributed by atoms with Gasteiger partial charge in [-0.3, -0.25) is 0 Å². The molecule has 0 N–H and O–H groups in total. The van der Waals surface area contributed by atoms with Crippen LogP contribution in [0.1, 0.15) is 5.01 Å². The Bertz CT molecular complexity index is 484. The van der Waals surface area contributed by atoms with Gasteiger partial charge in [0.1, 0.15) is 5.01 Å². The average molecular weight is 253 g/mol. The van der Waals surface area contributed by atoms with E-state index in [1.807, 2.05) is 18.2 Å². The van der Waals surface area contributed by atoms with Crippen molar-refractivity contribution in [1.82, 2.24) is 4.98 Å². The van der Waals surface area contributed by atoms with Crippen molar-refractivity contribution in [2.24, 2.45) is 0 Å². The summed E-state index contributed by atoms with van der Waals surface area (Å²) in [5.41, 5.74) is 0.956. The maximum atomic E-state index is 8.52. The van der Waals surface area contributed by atoms with E-state index >= 15 is 0 Å². The number of hydrogen-bond acceptors (Lipinski definition) is 3. The zero-order chi connectivity index (χ0) is 9.26. The maximum Gasteiger partial charge on any atom is 0.108 e. The molecule has 0 aliphatic rings. The van der Waals surface area contributed by atoms with Gasteiger partial charge in [-0.15, -0.1) is 11.3 Å². The van der Waals surface area contributed by atoms with Crippen LogP contribution in [0.3, 0.4) is 0 Å².